The summed E-state index contributed by atoms with van der Waals surface area (Å²) in [6.07, 6.45) is 5.90. The van der Waals surface area contributed by atoms with E-state index in [0.717, 1.165) is 19.6 Å². The Morgan fingerprint density at radius 3 is 2.62 bits per heavy atom. The van der Waals surface area contributed by atoms with Crippen LogP contribution < -0.4 is 0 Å². The fourth-order valence-corrected chi connectivity index (χ4v) is 2.92. The molecule has 2 heteroatoms. The van der Waals surface area contributed by atoms with Crippen LogP contribution in [0.3, 0.4) is 0 Å². The molecule has 0 aromatic rings. The predicted molar refractivity (Wildman–Crippen MR) is 51.5 cm³/mol. The van der Waals surface area contributed by atoms with Gasteiger partial charge >= 0.3 is 0 Å². The molecule has 1 heterocycles. The topological polar surface area (TPSA) is 29.5 Å². The van der Waals surface area contributed by atoms with Crippen LogP contribution in [0.15, 0.2) is 0 Å². The minimum Gasteiger partial charge on any atom is -0.389 e. The third-order valence-corrected chi connectivity index (χ3v) is 3.93. The van der Waals surface area contributed by atoms with E-state index in [2.05, 4.69) is 6.92 Å². The minimum absolute atomic E-state index is 0.323. The number of ether oxygens (including phenoxy) is 1. The van der Waals surface area contributed by atoms with Crippen LogP contribution in [0.5, 0.6) is 0 Å². The zero-order chi connectivity index (χ0) is 9.31. The summed E-state index contributed by atoms with van der Waals surface area (Å²) in [5, 5.41) is 10.6. The van der Waals surface area contributed by atoms with Gasteiger partial charge in [0.15, 0.2) is 0 Å². The molecule has 0 aromatic carbocycles. The first-order valence-electron chi connectivity index (χ1n) is 5.53. The van der Waals surface area contributed by atoms with Gasteiger partial charge in [0.25, 0.3) is 0 Å². The highest BCUT2D eigenvalue weighted by Crippen LogP contribution is 2.42. The van der Waals surface area contributed by atoms with Crippen LogP contribution in [0.4, 0.5) is 0 Å². The van der Waals surface area contributed by atoms with Gasteiger partial charge in [0, 0.05) is 18.9 Å². The molecule has 2 nitrogen and oxygen atoms in total. The maximum absolute atomic E-state index is 10.6. The summed E-state index contributed by atoms with van der Waals surface area (Å²) >= 11 is 0. The largest absolute Gasteiger partial charge is 0.389 e. The number of aliphatic hydroxyl groups is 1. The summed E-state index contributed by atoms with van der Waals surface area (Å²) in [5.41, 5.74) is -0.408. The second-order valence-corrected chi connectivity index (χ2v) is 4.70. The first-order chi connectivity index (χ1) is 6.23. The van der Waals surface area contributed by atoms with Crippen molar-refractivity contribution in [2.45, 2.75) is 44.6 Å². The van der Waals surface area contributed by atoms with E-state index in [4.69, 9.17) is 4.74 Å². The smallest absolute Gasteiger partial charge is 0.0745 e. The van der Waals surface area contributed by atoms with E-state index in [1.54, 1.807) is 0 Å². The SMILES string of the molecule is CC1COCCC1(O)C1CCCC1. The molecule has 1 aliphatic heterocycles. The Balaban J connectivity index is 2.06. The highest BCUT2D eigenvalue weighted by Gasteiger charge is 2.44. The van der Waals surface area contributed by atoms with Crippen LogP contribution in [0, 0.1) is 11.8 Å². The maximum atomic E-state index is 10.6. The van der Waals surface area contributed by atoms with Gasteiger partial charge in [-0.15, -0.1) is 0 Å². The Morgan fingerprint density at radius 2 is 2.00 bits per heavy atom. The second kappa shape index (κ2) is 3.58. The van der Waals surface area contributed by atoms with Crippen molar-refractivity contribution in [1.29, 1.82) is 0 Å². The lowest BCUT2D eigenvalue weighted by Crippen LogP contribution is -2.48. The van der Waals surface area contributed by atoms with Gasteiger partial charge in [-0.3, -0.25) is 0 Å². The molecule has 76 valence electrons. The van der Waals surface area contributed by atoms with E-state index in [1.807, 2.05) is 0 Å². The van der Waals surface area contributed by atoms with Crippen molar-refractivity contribution in [3.63, 3.8) is 0 Å². The first-order valence-corrected chi connectivity index (χ1v) is 5.53. The highest BCUT2D eigenvalue weighted by molar-refractivity contribution is 4.94. The molecule has 0 amide bonds. The molecule has 2 atom stereocenters. The Bertz CT molecular complexity index is 175. The number of hydrogen-bond donors (Lipinski definition) is 1. The average molecular weight is 184 g/mol. The molecule has 2 unspecified atom stereocenters. The lowest BCUT2D eigenvalue weighted by atomic mass is 9.74. The van der Waals surface area contributed by atoms with Gasteiger partial charge in [-0.2, -0.15) is 0 Å². The quantitative estimate of drug-likeness (QED) is 0.675. The average Bonchev–Trinajstić information content (AvgIpc) is 2.63. The number of hydrogen-bond acceptors (Lipinski definition) is 2. The molecule has 13 heavy (non-hydrogen) atoms. The van der Waals surface area contributed by atoms with Gasteiger partial charge < -0.3 is 9.84 Å². The lowest BCUT2D eigenvalue weighted by molar-refractivity contribution is -0.137. The van der Waals surface area contributed by atoms with Crippen LogP contribution in [-0.4, -0.2) is 23.9 Å². The molecule has 2 rings (SSSR count). The molecule has 1 N–H and O–H groups in total. The minimum atomic E-state index is -0.408. The van der Waals surface area contributed by atoms with E-state index in [9.17, 15) is 5.11 Å². The van der Waals surface area contributed by atoms with Gasteiger partial charge in [0.1, 0.15) is 0 Å². The summed E-state index contributed by atoms with van der Waals surface area (Å²) in [6, 6.07) is 0. The molecule has 1 aliphatic carbocycles. The van der Waals surface area contributed by atoms with E-state index < -0.39 is 5.60 Å². The summed E-state index contributed by atoms with van der Waals surface area (Å²) < 4.78 is 5.38. The molecule has 0 radical (unpaired) electrons. The third-order valence-electron chi connectivity index (χ3n) is 3.93. The van der Waals surface area contributed by atoms with E-state index in [1.165, 1.54) is 25.7 Å². The Labute approximate surface area is 80.3 Å². The van der Waals surface area contributed by atoms with Gasteiger partial charge in [0.05, 0.1) is 12.2 Å². The van der Waals surface area contributed by atoms with Gasteiger partial charge in [-0.1, -0.05) is 19.8 Å². The highest BCUT2D eigenvalue weighted by atomic mass is 16.5. The van der Waals surface area contributed by atoms with Crippen molar-refractivity contribution >= 4 is 0 Å². The molecule has 1 saturated heterocycles. The Morgan fingerprint density at radius 1 is 1.31 bits per heavy atom. The van der Waals surface area contributed by atoms with Gasteiger partial charge in [-0.25, -0.2) is 0 Å². The summed E-state index contributed by atoms with van der Waals surface area (Å²) in [5.74, 6) is 0.871. The third kappa shape index (κ3) is 1.62. The molecular formula is C11H20O2. The summed E-state index contributed by atoms with van der Waals surface area (Å²) in [7, 11) is 0. The zero-order valence-electron chi connectivity index (χ0n) is 8.46. The summed E-state index contributed by atoms with van der Waals surface area (Å²) in [4.78, 5) is 0. The van der Waals surface area contributed by atoms with Crippen LogP contribution in [0.2, 0.25) is 0 Å². The van der Waals surface area contributed by atoms with Crippen molar-refractivity contribution < 1.29 is 9.84 Å². The monoisotopic (exact) mass is 184 g/mol. The summed E-state index contributed by atoms with van der Waals surface area (Å²) in [6.45, 7) is 3.61. The molecule has 1 saturated carbocycles. The van der Waals surface area contributed by atoms with Crippen LogP contribution in [0.25, 0.3) is 0 Å². The zero-order valence-corrected chi connectivity index (χ0v) is 8.46. The van der Waals surface area contributed by atoms with E-state index in [0.29, 0.717) is 11.8 Å². The van der Waals surface area contributed by atoms with Crippen LogP contribution in [0.1, 0.15) is 39.0 Å². The second-order valence-electron chi connectivity index (χ2n) is 4.70. The number of rotatable bonds is 1. The van der Waals surface area contributed by atoms with E-state index >= 15 is 0 Å². The lowest BCUT2D eigenvalue weighted by Gasteiger charge is -2.42. The van der Waals surface area contributed by atoms with E-state index in [-0.39, 0.29) is 0 Å². The van der Waals surface area contributed by atoms with Crippen LogP contribution >= 0.6 is 0 Å². The van der Waals surface area contributed by atoms with Crippen LogP contribution in [-0.2, 0) is 4.74 Å². The fraction of sp³-hybridized carbons (Fsp3) is 1.00. The van der Waals surface area contributed by atoms with Crippen molar-refractivity contribution in [2.24, 2.45) is 11.8 Å². The normalized spacial score (nSPS) is 42.5. The van der Waals surface area contributed by atoms with Gasteiger partial charge in [-0.05, 0) is 18.8 Å². The van der Waals surface area contributed by atoms with Crippen molar-refractivity contribution in [2.75, 3.05) is 13.2 Å². The maximum Gasteiger partial charge on any atom is 0.0745 e. The fourth-order valence-electron chi connectivity index (χ4n) is 2.92. The van der Waals surface area contributed by atoms with Crippen molar-refractivity contribution in [3.05, 3.63) is 0 Å². The molecule has 2 fully saturated rings. The van der Waals surface area contributed by atoms with Gasteiger partial charge in [0.2, 0.25) is 0 Å². The molecule has 0 spiro atoms. The Kier molecular flexibility index (Phi) is 2.61. The molecular weight excluding hydrogens is 164 g/mol. The first kappa shape index (κ1) is 9.47. The van der Waals surface area contributed by atoms with Crippen molar-refractivity contribution in [3.8, 4) is 0 Å². The molecule has 2 aliphatic rings. The predicted octanol–water partition coefficient (Wildman–Crippen LogP) is 1.96. The molecule has 0 aromatic heterocycles. The Hall–Kier alpha value is -0.0800. The van der Waals surface area contributed by atoms with Crippen molar-refractivity contribution in [1.82, 2.24) is 0 Å². The standard InChI is InChI=1S/C11H20O2/c1-9-8-13-7-6-11(9,12)10-4-2-3-5-10/h9-10,12H,2-8H2,1H3. The molecule has 0 bridgehead atoms.